The van der Waals surface area contributed by atoms with Gasteiger partial charge in [-0.15, -0.1) is 0 Å². The molecule has 0 radical (unpaired) electrons. The van der Waals surface area contributed by atoms with Gasteiger partial charge in [-0.2, -0.15) is 0 Å². The molecule has 4 aromatic rings. The average Bonchev–Trinajstić information content (AvgIpc) is 3.46. The highest BCUT2D eigenvalue weighted by molar-refractivity contribution is 5.95. The number of nitrogens with one attached hydrogen (secondary N) is 2. The van der Waals surface area contributed by atoms with Gasteiger partial charge in [0.1, 0.15) is 0 Å². The van der Waals surface area contributed by atoms with Crippen LogP contribution in [-0.4, -0.2) is 80.8 Å². The van der Waals surface area contributed by atoms with Crippen LogP contribution in [0, 0.1) is 5.41 Å². The second-order valence-electron chi connectivity index (χ2n) is 15.2. The van der Waals surface area contributed by atoms with Gasteiger partial charge in [-0.05, 0) is 99.2 Å². The van der Waals surface area contributed by atoms with E-state index in [-0.39, 0.29) is 11.5 Å². The van der Waals surface area contributed by atoms with Crippen LogP contribution in [0.25, 0.3) is 33.3 Å². The van der Waals surface area contributed by atoms with E-state index >= 15 is 0 Å². The summed E-state index contributed by atoms with van der Waals surface area (Å²) in [5, 5.41) is 1.17. The number of amides is 1. The third kappa shape index (κ3) is 9.96. The van der Waals surface area contributed by atoms with Crippen molar-refractivity contribution in [2.75, 3.05) is 64.1 Å². The number of pyridine rings is 1. The first-order valence-corrected chi connectivity index (χ1v) is 19.1. The number of piperazine rings is 1. The summed E-state index contributed by atoms with van der Waals surface area (Å²) in [6.45, 7) is 14.8. The molecule has 0 spiro atoms. The van der Waals surface area contributed by atoms with Gasteiger partial charge in [0.15, 0.2) is 0 Å². The van der Waals surface area contributed by atoms with E-state index in [0.29, 0.717) is 25.9 Å². The summed E-state index contributed by atoms with van der Waals surface area (Å²) >= 11 is 0. The number of aryl methyl sites for hydroxylation is 2. The zero-order valence-corrected chi connectivity index (χ0v) is 32.5. The highest BCUT2D eigenvalue weighted by Crippen LogP contribution is 2.43. The van der Waals surface area contributed by atoms with Crippen molar-refractivity contribution >= 4 is 35.2 Å². The number of carbonyl (C=O) groups is 2. The van der Waals surface area contributed by atoms with E-state index in [9.17, 15) is 9.59 Å². The highest BCUT2D eigenvalue weighted by atomic mass is 16.5. The summed E-state index contributed by atoms with van der Waals surface area (Å²) in [4.78, 5) is 31.6. The Hall–Kier alpha value is -4.45. The highest BCUT2D eigenvalue weighted by Gasteiger charge is 2.29. The van der Waals surface area contributed by atoms with Crippen LogP contribution in [0.1, 0.15) is 76.3 Å². The first-order valence-electron chi connectivity index (χ1n) is 19.1. The van der Waals surface area contributed by atoms with Gasteiger partial charge in [0.2, 0.25) is 6.41 Å². The minimum absolute atomic E-state index is 0.216. The van der Waals surface area contributed by atoms with Crippen LogP contribution >= 0.6 is 0 Å². The lowest BCUT2D eigenvalue weighted by Gasteiger charge is -2.34. The number of fused-ring (bicyclic) bond motifs is 1. The number of unbranched alkanes of at least 4 members (excludes halogenated alkanes) is 3. The Kier molecular flexibility index (Phi) is 13.9. The fourth-order valence-corrected chi connectivity index (χ4v) is 7.57. The van der Waals surface area contributed by atoms with Gasteiger partial charge in [-0.1, -0.05) is 38.8 Å². The molecular formula is C42H59N7O4. The van der Waals surface area contributed by atoms with Gasteiger partial charge in [0.25, 0.3) is 6.47 Å². The smallest absolute Gasteiger partial charge is 0.293 e. The Morgan fingerprint density at radius 2 is 1.77 bits per heavy atom. The first-order chi connectivity index (χ1) is 25.6. The van der Waals surface area contributed by atoms with E-state index in [1.165, 1.54) is 16.5 Å². The standard InChI is InChI=1S/C42H59N7O4/c1-7-49-39-14-13-32(33-20-31(21-34(43)22-33)12-10-8-9-11-15-45-46-28-50)23-36(39)38(25-42(3,4)27-53-29-51)41(49)37-24-35(26-44-40(37)30(2)52-6)48-18-16-47(5)17-19-48/h13-14,20-24,26,28-30,45H,7-12,15-19,25,27,43H2,1-6H3,(H,46,50). The van der Waals surface area contributed by atoms with Crippen LogP contribution in [0.2, 0.25) is 0 Å². The van der Waals surface area contributed by atoms with Crippen molar-refractivity contribution in [2.45, 2.75) is 78.9 Å². The van der Waals surface area contributed by atoms with E-state index in [0.717, 1.165) is 116 Å². The molecule has 11 nitrogen and oxygen atoms in total. The largest absolute Gasteiger partial charge is 0.467 e. The van der Waals surface area contributed by atoms with Gasteiger partial charge in [0.05, 0.1) is 36.0 Å². The molecule has 0 aliphatic carbocycles. The number of nitrogens with zero attached hydrogens (tertiary/aromatic N) is 4. The number of ether oxygens (including phenoxy) is 2. The molecule has 0 bridgehead atoms. The number of likely N-dealkylation sites (N-methyl/N-ethyl adjacent to an activating group) is 1. The molecule has 1 aliphatic rings. The number of hydrazine groups is 1. The molecular weight excluding hydrogens is 667 g/mol. The van der Waals surface area contributed by atoms with E-state index in [1.807, 2.05) is 6.20 Å². The van der Waals surface area contributed by atoms with Crippen LogP contribution in [0.15, 0.2) is 48.7 Å². The summed E-state index contributed by atoms with van der Waals surface area (Å²) in [6, 6.07) is 15.5. The number of anilines is 2. The second-order valence-corrected chi connectivity index (χ2v) is 15.2. The zero-order valence-electron chi connectivity index (χ0n) is 32.5. The number of hydrogen-bond acceptors (Lipinski definition) is 9. The lowest BCUT2D eigenvalue weighted by atomic mass is 9.84. The van der Waals surface area contributed by atoms with Gasteiger partial charge in [0, 0.05) is 73.9 Å². The van der Waals surface area contributed by atoms with Crippen molar-refractivity contribution in [3.05, 3.63) is 65.5 Å². The fraction of sp³-hybridized carbons (Fsp3) is 0.500. The number of nitrogen functional groups attached to an aromatic ring is 1. The predicted molar refractivity (Wildman–Crippen MR) is 215 cm³/mol. The molecule has 1 atom stereocenters. The number of aromatic nitrogens is 2. The summed E-state index contributed by atoms with van der Waals surface area (Å²) in [5.74, 6) is 0. The Morgan fingerprint density at radius 1 is 1.00 bits per heavy atom. The zero-order chi connectivity index (χ0) is 38.0. The van der Waals surface area contributed by atoms with Gasteiger partial charge in [-0.25, -0.2) is 5.43 Å². The molecule has 5 rings (SSSR count). The van der Waals surface area contributed by atoms with Crippen molar-refractivity contribution in [2.24, 2.45) is 5.41 Å². The lowest BCUT2D eigenvalue weighted by molar-refractivity contribution is -0.131. The topological polar surface area (TPSA) is 127 Å². The second kappa shape index (κ2) is 18.5. The molecule has 53 heavy (non-hydrogen) atoms. The fourth-order valence-electron chi connectivity index (χ4n) is 7.57. The molecule has 1 fully saturated rings. The minimum Gasteiger partial charge on any atom is -0.467 e. The van der Waals surface area contributed by atoms with Gasteiger partial charge >= 0.3 is 0 Å². The lowest BCUT2D eigenvalue weighted by Crippen LogP contribution is -2.44. The summed E-state index contributed by atoms with van der Waals surface area (Å²) in [7, 11) is 3.91. The van der Waals surface area contributed by atoms with Gasteiger partial charge in [-0.3, -0.25) is 20.0 Å². The number of benzene rings is 2. The summed E-state index contributed by atoms with van der Waals surface area (Å²) in [5.41, 5.74) is 22.3. The summed E-state index contributed by atoms with van der Waals surface area (Å²) in [6.07, 6.45) is 8.34. The van der Waals surface area contributed by atoms with E-state index in [4.69, 9.17) is 20.2 Å². The first kappa shape index (κ1) is 39.8. The number of nitrogens with two attached hydrogens (primary N) is 1. The Balaban J connectivity index is 1.59. The average molecular weight is 726 g/mol. The Morgan fingerprint density at radius 3 is 2.49 bits per heavy atom. The molecule has 286 valence electrons. The van der Waals surface area contributed by atoms with Crippen molar-refractivity contribution < 1.29 is 19.1 Å². The minimum atomic E-state index is -0.334. The number of rotatable bonds is 20. The maximum Gasteiger partial charge on any atom is 0.293 e. The van der Waals surface area contributed by atoms with Crippen molar-refractivity contribution in [1.29, 1.82) is 0 Å². The molecule has 1 saturated heterocycles. The van der Waals surface area contributed by atoms with Crippen LogP contribution in [-0.2, 0) is 38.4 Å². The van der Waals surface area contributed by atoms with Crippen LogP contribution in [0.5, 0.6) is 0 Å². The van der Waals surface area contributed by atoms with E-state index in [1.54, 1.807) is 7.11 Å². The number of hydrogen-bond donors (Lipinski definition) is 3. The number of methoxy groups -OCH3 is 1. The Labute approximate surface area is 315 Å². The predicted octanol–water partition coefficient (Wildman–Crippen LogP) is 6.53. The van der Waals surface area contributed by atoms with Crippen molar-refractivity contribution in [3.8, 4) is 22.4 Å². The molecule has 1 unspecified atom stereocenters. The third-order valence-electron chi connectivity index (χ3n) is 10.5. The monoisotopic (exact) mass is 725 g/mol. The molecule has 1 amide bonds. The summed E-state index contributed by atoms with van der Waals surface area (Å²) < 4.78 is 13.7. The Bertz CT molecular complexity index is 1830. The SMILES string of the molecule is CCn1c(-c2cc(N3CCN(C)CC3)cnc2C(C)OC)c(CC(C)(C)COC=O)c2cc(-c3cc(N)cc(CCCCCCNNC=O)c3)ccc21. The van der Waals surface area contributed by atoms with Crippen LogP contribution in [0.4, 0.5) is 11.4 Å². The van der Waals surface area contributed by atoms with Crippen molar-refractivity contribution in [3.63, 3.8) is 0 Å². The van der Waals surface area contributed by atoms with Gasteiger partial charge < -0.3 is 29.6 Å². The molecule has 3 heterocycles. The molecule has 11 heteroatoms. The maximum atomic E-state index is 11.3. The maximum absolute atomic E-state index is 11.3. The molecule has 4 N–H and O–H groups in total. The van der Waals surface area contributed by atoms with Crippen LogP contribution < -0.4 is 21.5 Å². The number of carbonyl (C=O) groups excluding carboxylic acids is 2. The van der Waals surface area contributed by atoms with Crippen molar-refractivity contribution in [1.82, 2.24) is 25.3 Å². The molecule has 2 aromatic carbocycles. The molecule has 2 aromatic heterocycles. The normalized spacial score (nSPS) is 14.4. The van der Waals surface area contributed by atoms with E-state index < -0.39 is 0 Å². The quantitative estimate of drug-likeness (QED) is 0.0404. The van der Waals surface area contributed by atoms with E-state index in [2.05, 4.69) is 102 Å². The van der Waals surface area contributed by atoms with Crippen LogP contribution in [0.3, 0.4) is 0 Å². The third-order valence-corrected chi connectivity index (χ3v) is 10.5. The molecule has 1 aliphatic heterocycles. The molecule has 0 saturated carbocycles.